The maximum atomic E-state index is 4.53. The van der Waals surface area contributed by atoms with Gasteiger partial charge in [0, 0.05) is 5.69 Å². The summed E-state index contributed by atoms with van der Waals surface area (Å²) in [5, 5.41) is 4.53. The molecule has 0 spiro atoms. The van der Waals surface area contributed by atoms with Crippen LogP contribution in [0.5, 0.6) is 0 Å². The second-order valence-corrected chi connectivity index (χ2v) is 5.28. The summed E-state index contributed by atoms with van der Waals surface area (Å²) in [5.41, 5.74) is 3.10. The summed E-state index contributed by atoms with van der Waals surface area (Å²) in [7, 11) is 0. The van der Waals surface area contributed by atoms with Crippen LogP contribution in [-0.4, -0.2) is 9.78 Å². The van der Waals surface area contributed by atoms with Gasteiger partial charge in [-0.05, 0) is 30.2 Å². The van der Waals surface area contributed by atoms with Gasteiger partial charge >= 0.3 is 0 Å². The quantitative estimate of drug-likeness (QED) is 0.704. The van der Waals surface area contributed by atoms with Crippen molar-refractivity contribution in [2.24, 2.45) is 0 Å². The van der Waals surface area contributed by atoms with E-state index in [0.29, 0.717) is 6.04 Å². The van der Waals surface area contributed by atoms with Crippen molar-refractivity contribution >= 4 is 0 Å². The lowest BCUT2D eigenvalue weighted by molar-refractivity contribution is 0.565. The number of aromatic nitrogens is 2. The van der Waals surface area contributed by atoms with E-state index in [9.17, 15) is 0 Å². The van der Waals surface area contributed by atoms with Gasteiger partial charge in [0.1, 0.15) is 0 Å². The Morgan fingerprint density at radius 3 is 2.50 bits per heavy atom. The first kappa shape index (κ1) is 9.75. The molecule has 0 bridgehead atoms. The molecule has 1 aromatic rings. The van der Waals surface area contributed by atoms with Gasteiger partial charge in [-0.1, -0.05) is 27.7 Å². The van der Waals surface area contributed by atoms with E-state index in [1.165, 1.54) is 24.1 Å². The van der Waals surface area contributed by atoms with E-state index in [1.54, 1.807) is 0 Å². The molecule has 1 aliphatic rings. The van der Waals surface area contributed by atoms with E-state index >= 15 is 0 Å². The van der Waals surface area contributed by atoms with Crippen LogP contribution in [0.15, 0.2) is 6.20 Å². The van der Waals surface area contributed by atoms with Crippen molar-refractivity contribution < 1.29 is 0 Å². The molecular weight excluding hydrogens is 172 g/mol. The fourth-order valence-corrected chi connectivity index (χ4v) is 2.00. The van der Waals surface area contributed by atoms with Crippen LogP contribution in [-0.2, 0) is 11.8 Å². The molecule has 14 heavy (non-hydrogen) atoms. The third-order valence-corrected chi connectivity index (χ3v) is 2.93. The zero-order valence-electron chi connectivity index (χ0n) is 9.67. The van der Waals surface area contributed by atoms with E-state index in [4.69, 9.17) is 0 Å². The van der Waals surface area contributed by atoms with Gasteiger partial charge in [-0.3, -0.25) is 4.68 Å². The maximum absolute atomic E-state index is 4.53. The monoisotopic (exact) mass is 192 g/mol. The van der Waals surface area contributed by atoms with Gasteiger partial charge in [0.15, 0.2) is 0 Å². The van der Waals surface area contributed by atoms with Crippen molar-refractivity contribution in [1.29, 1.82) is 0 Å². The van der Waals surface area contributed by atoms with Crippen molar-refractivity contribution in [2.45, 2.75) is 58.4 Å². The van der Waals surface area contributed by atoms with Gasteiger partial charge in [0.25, 0.3) is 0 Å². The first-order chi connectivity index (χ1) is 6.54. The first-order valence-electron chi connectivity index (χ1n) is 5.61. The standard InChI is InChI=1S/C12H20N2/c1-5-11-10(12(2,3)4)8-13-14(11)9-6-7-9/h8-9H,5-7H2,1-4H3. The number of nitrogens with zero attached hydrogens (tertiary/aromatic N) is 2. The van der Waals surface area contributed by atoms with Crippen LogP contribution in [0.4, 0.5) is 0 Å². The Morgan fingerprint density at radius 2 is 2.07 bits per heavy atom. The molecule has 0 aliphatic heterocycles. The maximum Gasteiger partial charge on any atom is 0.0530 e. The molecular formula is C12H20N2. The average molecular weight is 192 g/mol. The minimum atomic E-state index is 0.235. The summed E-state index contributed by atoms with van der Waals surface area (Å²) in [6, 6.07) is 0.709. The number of hydrogen-bond donors (Lipinski definition) is 0. The van der Waals surface area contributed by atoms with Crippen LogP contribution in [0.25, 0.3) is 0 Å². The molecule has 0 radical (unpaired) electrons. The van der Waals surface area contributed by atoms with Crippen molar-refractivity contribution in [3.63, 3.8) is 0 Å². The SMILES string of the molecule is CCc1c(C(C)(C)C)cnn1C1CC1. The number of hydrogen-bond acceptors (Lipinski definition) is 1. The van der Waals surface area contributed by atoms with Crippen LogP contribution >= 0.6 is 0 Å². The molecule has 2 nitrogen and oxygen atoms in total. The molecule has 0 amide bonds. The molecule has 0 saturated heterocycles. The predicted molar refractivity (Wildman–Crippen MR) is 58.6 cm³/mol. The summed E-state index contributed by atoms with van der Waals surface area (Å²) in [5.74, 6) is 0. The van der Waals surface area contributed by atoms with Crippen LogP contribution in [0.1, 0.15) is 57.8 Å². The Balaban J connectivity index is 2.41. The Kier molecular flexibility index (Phi) is 2.17. The number of rotatable bonds is 2. The molecule has 0 N–H and O–H groups in total. The summed E-state index contributed by atoms with van der Waals surface area (Å²) in [6.45, 7) is 9.02. The minimum absolute atomic E-state index is 0.235. The highest BCUT2D eigenvalue weighted by atomic mass is 15.3. The van der Waals surface area contributed by atoms with Crippen LogP contribution < -0.4 is 0 Å². The average Bonchev–Trinajstić information content (AvgIpc) is 2.82. The highest BCUT2D eigenvalue weighted by Gasteiger charge is 2.29. The molecule has 1 fully saturated rings. The van der Waals surface area contributed by atoms with Crippen molar-refractivity contribution in [3.05, 3.63) is 17.5 Å². The molecule has 2 heteroatoms. The second kappa shape index (κ2) is 3.11. The summed E-state index contributed by atoms with van der Waals surface area (Å²) >= 11 is 0. The molecule has 78 valence electrons. The molecule has 1 saturated carbocycles. The first-order valence-corrected chi connectivity index (χ1v) is 5.61. The third-order valence-electron chi connectivity index (χ3n) is 2.93. The molecule has 2 rings (SSSR count). The predicted octanol–water partition coefficient (Wildman–Crippen LogP) is 3.08. The minimum Gasteiger partial charge on any atom is -0.266 e. The summed E-state index contributed by atoms with van der Waals surface area (Å²) in [6.07, 6.45) is 5.80. The Labute approximate surface area is 86.3 Å². The molecule has 0 unspecified atom stereocenters. The van der Waals surface area contributed by atoms with E-state index < -0.39 is 0 Å². The Bertz CT molecular complexity index is 327. The van der Waals surface area contributed by atoms with Gasteiger partial charge in [0.05, 0.1) is 12.2 Å². The normalized spacial score (nSPS) is 17.4. The van der Waals surface area contributed by atoms with Gasteiger partial charge in [-0.15, -0.1) is 0 Å². The fourth-order valence-electron chi connectivity index (χ4n) is 2.00. The summed E-state index contributed by atoms with van der Waals surface area (Å²) < 4.78 is 2.25. The van der Waals surface area contributed by atoms with E-state index in [0.717, 1.165) is 6.42 Å². The lowest BCUT2D eigenvalue weighted by Gasteiger charge is -2.19. The molecule has 0 atom stereocenters. The van der Waals surface area contributed by atoms with Gasteiger partial charge < -0.3 is 0 Å². The largest absolute Gasteiger partial charge is 0.266 e. The lowest BCUT2D eigenvalue weighted by Crippen LogP contribution is -2.14. The molecule has 1 heterocycles. The fraction of sp³-hybridized carbons (Fsp3) is 0.750. The van der Waals surface area contributed by atoms with E-state index in [-0.39, 0.29) is 5.41 Å². The van der Waals surface area contributed by atoms with Crippen molar-refractivity contribution in [3.8, 4) is 0 Å². The summed E-state index contributed by atoms with van der Waals surface area (Å²) in [4.78, 5) is 0. The highest BCUT2D eigenvalue weighted by Crippen LogP contribution is 2.37. The van der Waals surface area contributed by atoms with Gasteiger partial charge in [-0.2, -0.15) is 5.10 Å². The molecule has 1 aliphatic carbocycles. The molecule has 1 aromatic heterocycles. The van der Waals surface area contributed by atoms with E-state index in [2.05, 4.69) is 43.7 Å². The smallest absolute Gasteiger partial charge is 0.0530 e. The molecule has 0 aromatic carbocycles. The topological polar surface area (TPSA) is 17.8 Å². The zero-order valence-corrected chi connectivity index (χ0v) is 9.67. The van der Waals surface area contributed by atoms with Crippen LogP contribution in [0, 0.1) is 0 Å². The zero-order chi connectivity index (χ0) is 10.3. The van der Waals surface area contributed by atoms with Gasteiger partial charge in [-0.25, -0.2) is 0 Å². The third kappa shape index (κ3) is 1.58. The van der Waals surface area contributed by atoms with Gasteiger partial charge in [0.2, 0.25) is 0 Å². The van der Waals surface area contributed by atoms with Crippen LogP contribution in [0.3, 0.4) is 0 Å². The van der Waals surface area contributed by atoms with Crippen LogP contribution in [0.2, 0.25) is 0 Å². The van der Waals surface area contributed by atoms with Crippen molar-refractivity contribution in [1.82, 2.24) is 9.78 Å². The second-order valence-electron chi connectivity index (χ2n) is 5.28. The lowest BCUT2D eigenvalue weighted by atomic mass is 9.87. The Hall–Kier alpha value is -0.790. The van der Waals surface area contributed by atoms with Crippen molar-refractivity contribution in [2.75, 3.05) is 0 Å². The Morgan fingerprint density at radius 1 is 1.43 bits per heavy atom. The van der Waals surface area contributed by atoms with E-state index in [1.807, 2.05) is 0 Å². The highest BCUT2D eigenvalue weighted by molar-refractivity contribution is 5.26.